The number of thioether (sulfide) groups is 1. The van der Waals surface area contributed by atoms with E-state index in [0.717, 1.165) is 11.4 Å². The Hall–Kier alpha value is -3.99. The number of carbonyl (C=O) groups is 2. The molecule has 0 bridgehead atoms. The number of rotatable bonds is 9. The summed E-state index contributed by atoms with van der Waals surface area (Å²) in [4.78, 5) is 37.4. The highest BCUT2D eigenvalue weighted by Crippen LogP contribution is 2.21. The molecule has 1 N–H and O–H groups in total. The lowest BCUT2D eigenvalue weighted by atomic mass is 10.1. The van der Waals surface area contributed by atoms with E-state index in [1.165, 1.54) is 23.4 Å². The van der Waals surface area contributed by atoms with Gasteiger partial charge in [0.2, 0.25) is 11.1 Å². The molecule has 180 valence electrons. The van der Waals surface area contributed by atoms with Crippen LogP contribution in [0.15, 0.2) is 64.5 Å². The molecule has 4 rings (SSSR count). The number of tetrazole rings is 1. The minimum Gasteiger partial charge on any atom is -0.325 e. The van der Waals surface area contributed by atoms with Gasteiger partial charge in [-0.3, -0.25) is 19.1 Å². The van der Waals surface area contributed by atoms with Crippen molar-refractivity contribution in [3.05, 3.63) is 76.2 Å². The highest BCUT2D eigenvalue weighted by atomic mass is 32.2. The van der Waals surface area contributed by atoms with Gasteiger partial charge in [-0.15, -0.1) is 5.10 Å². The van der Waals surface area contributed by atoms with Crippen molar-refractivity contribution >= 4 is 29.1 Å². The van der Waals surface area contributed by atoms with E-state index in [9.17, 15) is 14.4 Å². The first kappa shape index (κ1) is 24.1. The summed E-state index contributed by atoms with van der Waals surface area (Å²) in [6.07, 6.45) is 0.833. The van der Waals surface area contributed by atoms with Gasteiger partial charge in [0.05, 0.1) is 17.1 Å². The van der Waals surface area contributed by atoms with Gasteiger partial charge in [0.1, 0.15) is 0 Å². The molecule has 0 aliphatic carbocycles. The molecule has 0 spiro atoms. The lowest BCUT2D eigenvalue weighted by Gasteiger charge is -2.08. The van der Waals surface area contributed by atoms with Crippen molar-refractivity contribution < 1.29 is 9.59 Å². The summed E-state index contributed by atoms with van der Waals surface area (Å²) in [6, 6.07) is 16.3. The molecule has 0 unspecified atom stereocenters. The van der Waals surface area contributed by atoms with Gasteiger partial charge in [-0.1, -0.05) is 42.1 Å². The van der Waals surface area contributed by atoms with Crippen LogP contribution in [0, 0.1) is 6.92 Å². The average Bonchev–Trinajstić information content (AvgIpc) is 3.38. The largest absolute Gasteiger partial charge is 0.325 e. The summed E-state index contributed by atoms with van der Waals surface area (Å²) in [7, 11) is 1.81. The highest BCUT2D eigenvalue weighted by molar-refractivity contribution is 7.99. The predicted octanol–water partition coefficient (Wildman–Crippen LogP) is 3.17. The molecule has 0 fully saturated rings. The molecular formula is C24H25N7O3S. The molecule has 0 aliphatic heterocycles. The zero-order valence-corrected chi connectivity index (χ0v) is 20.5. The number of para-hydroxylation sites is 2. The number of anilines is 1. The molecule has 4 aromatic rings. The Morgan fingerprint density at radius 3 is 2.51 bits per heavy atom. The lowest BCUT2D eigenvalue weighted by molar-refractivity contribution is -0.116. The molecule has 0 atom stereocenters. The van der Waals surface area contributed by atoms with Crippen molar-refractivity contribution in [3.8, 4) is 11.4 Å². The van der Waals surface area contributed by atoms with E-state index in [1.807, 2.05) is 44.3 Å². The maximum Gasteiger partial charge on any atom is 0.297 e. The van der Waals surface area contributed by atoms with Gasteiger partial charge in [0.15, 0.2) is 11.5 Å². The third-order valence-corrected chi connectivity index (χ3v) is 6.54. The molecule has 0 aliphatic rings. The Bertz CT molecular complexity index is 1420. The fraction of sp³-hybridized carbons (Fsp3) is 0.250. The van der Waals surface area contributed by atoms with Crippen molar-refractivity contribution in [3.63, 3.8) is 0 Å². The van der Waals surface area contributed by atoms with Crippen LogP contribution in [-0.4, -0.2) is 47.0 Å². The third-order valence-electron chi connectivity index (χ3n) is 5.54. The Labute approximate surface area is 205 Å². The van der Waals surface area contributed by atoms with Gasteiger partial charge in [-0.2, -0.15) is 4.68 Å². The van der Waals surface area contributed by atoms with E-state index in [0.29, 0.717) is 34.3 Å². The summed E-state index contributed by atoms with van der Waals surface area (Å²) >= 11 is 1.37. The zero-order valence-electron chi connectivity index (χ0n) is 19.6. The predicted molar refractivity (Wildman–Crippen MR) is 133 cm³/mol. The number of aromatic nitrogens is 6. The third kappa shape index (κ3) is 5.09. The first-order chi connectivity index (χ1) is 16.9. The first-order valence-corrected chi connectivity index (χ1v) is 12.0. The average molecular weight is 492 g/mol. The van der Waals surface area contributed by atoms with Gasteiger partial charge in [0.25, 0.3) is 5.56 Å². The highest BCUT2D eigenvalue weighted by Gasteiger charge is 2.22. The Morgan fingerprint density at radius 2 is 1.77 bits per heavy atom. The van der Waals surface area contributed by atoms with Crippen LogP contribution in [-0.2, 0) is 11.8 Å². The normalized spacial score (nSPS) is 10.9. The van der Waals surface area contributed by atoms with E-state index < -0.39 is 0 Å². The smallest absolute Gasteiger partial charge is 0.297 e. The number of Topliss-reactive ketones (excluding diaryl/α,β-unsaturated/α-hetero) is 1. The summed E-state index contributed by atoms with van der Waals surface area (Å²) in [5.74, 6) is 0.287. The van der Waals surface area contributed by atoms with Crippen LogP contribution in [0.25, 0.3) is 11.4 Å². The van der Waals surface area contributed by atoms with Gasteiger partial charge in [0, 0.05) is 24.8 Å². The topological polar surface area (TPSA) is 117 Å². The molecule has 0 saturated heterocycles. The Morgan fingerprint density at radius 1 is 1.06 bits per heavy atom. The monoisotopic (exact) mass is 491 g/mol. The molecule has 35 heavy (non-hydrogen) atoms. The van der Waals surface area contributed by atoms with E-state index in [-0.39, 0.29) is 23.7 Å². The van der Waals surface area contributed by atoms with Crippen molar-refractivity contribution in [2.75, 3.05) is 11.1 Å². The molecule has 2 aromatic heterocycles. The summed E-state index contributed by atoms with van der Waals surface area (Å²) < 4.78 is 4.79. The minimum atomic E-state index is -0.228. The van der Waals surface area contributed by atoms with Crippen LogP contribution < -0.4 is 10.9 Å². The second-order valence-corrected chi connectivity index (χ2v) is 8.95. The molecule has 11 heteroatoms. The van der Waals surface area contributed by atoms with Gasteiger partial charge < -0.3 is 5.32 Å². The maximum absolute atomic E-state index is 13.3. The molecule has 10 nitrogen and oxygen atoms in total. The first-order valence-electron chi connectivity index (χ1n) is 11.0. The van der Waals surface area contributed by atoms with Crippen molar-refractivity contribution in [2.24, 2.45) is 7.05 Å². The van der Waals surface area contributed by atoms with Crippen molar-refractivity contribution in [2.45, 2.75) is 31.8 Å². The van der Waals surface area contributed by atoms with E-state index in [1.54, 1.807) is 33.6 Å². The Balaban J connectivity index is 1.42. The zero-order chi connectivity index (χ0) is 24.9. The molecular weight excluding hydrogens is 466 g/mol. The van der Waals surface area contributed by atoms with E-state index >= 15 is 0 Å². The van der Waals surface area contributed by atoms with Gasteiger partial charge >= 0.3 is 0 Å². The molecule has 0 radical (unpaired) electrons. The van der Waals surface area contributed by atoms with Crippen LogP contribution in [0.1, 0.15) is 35.8 Å². The fourth-order valence-corrected chi connectivity index (χ4v) is 4.53. The standard InChI is InChI=1S/C24H25N7O3S/c1-16-22(23(34)31(29(16)3)18-10-5-4-6-11-18)30-24(26-27-28-30)35-15-9-14-21(33)25-20-13-8-7-12-19(20)17(2)32/h4-8,10-13H,9,14-15H2,1-3H3,(H,25,33). The van der Waals surface area contributed by atoms with E-state index in [2.05, 4.69) is 20.8 Å². The minimum absolute atomic E-state index is 0.106. The summed E-state index contributed by atoms with van der Waals surface area (Å²) in [6.45, 7) is 3.31. The maximum atomic E-state index is 13.3. The fourth-order valence-electron chi connectivity index (χ4n) is 3.72. The van der Waals surface area contributed by atoms with Crippen LogP contribution in [0.2, 0.25) is 0 Å². The number of nitrogens with zero attached hydrogens (tertiary/aromatic N) is 6. The number of nitrogens with one attached hydrogen (secondary N) is 1. The summed E-state index contributed by atoms with van der Waals surface area (Å²) in [5.41, 5.74) is 2.60. The van der Waals surface area contributed by atoms with Gasteiger partial charge in [-0.05, 0) is 55.0 Å². The van der Waals surface area contributed by atoms with Crippen LogP contribution >= 0.6 is 11.8 Å². The number of amides is 1. The molecule has 0 saturated carbocycles. The van der Waals surface area contributed by atoms with Crippen LogP contribution in [0.4, 0.5) is 5.69 Å². The second kappa shape index (κ2) is 10.5. The number of hydrogen-bond acceptors (Lipinski definition) is 7. The van der Waals surface area contributed by atoms with E-state index in [4.69, 9.17) is 0 Å². The second-order valence-electron chi connectivity index (χ2n) is 7.89. The van der Waals surface area contributed by atoms with Crippen molar-refractivity contribution in [1.82, 2.24) is 29.6 Å². The summed E-state index contributed by atoms with van der Waals surface area (Å²) in [5, 5.41) is 15.2. The van der Waals surface area contributed by atoms with Gasteiger partial charge in [-0.25, -0.2) is 4.68 Å². The Kier molecular flexibility index (Phi) is 7.25. The van der Waals surface area contributed by atoms with Crippen LogP contribution in [0.3, 0.4) is 0 Å². The molecule has 2 aromatic carbocycles. The lowest BCUT2D eigenvalue weighted by Crippen LogP contribution is -2.22. The number of benzene rings is 2. The SMILES string of the molecule is CC(=O)c1ccccc1NC(=O)CCCSc1nnnn1-c1c(C)n(C)n(-c2ccccc2)c1=O. The molecule has 1 amide bonds. The number of hydrogen-bond donors (Lipinski definition) is 1. The quantitative estimate of drug-likeness (QED) is 0.217. The van der Waals surface area contributed by atoms with Crippen molar-refractivity contribution in [1.29, 1.82) is 0 Å². The number of carbonyl (C=O) groups excluding carboxylic acids is 2. The van der Waals surface area contributed by atoms with Crippen LogP contribution in [0.5, 0.6) is 0 Å². The molecule has 2 heterocycles. The number of ketones is 1.